The van der Waals surface area contributed by atoms with E-state index in [0.29, 0.717) is 19.0 Å². The van der Waals surface area contributed by atoms with Gasteiger partial charge in [-0.25, -0.2) is 4.98 Å². The summed E-state index contributed by atoms with van der Waals surface area (Å²) in [7, 11) is 0. The van der Waals surface area contributed by atoms with E-state index in [4.69, 9.17) is 0 Å². The number of nitrogens with zero attached hydrogens (tertiary/aromatic N) is 2. The van der Waals surface area contributed by atoms with Crippen molar-refractivity contribution >= 4 is 17.2 Å². The lowest BCUT2D eigenvalue weighted by atomic mass is 10.1. The fraction of sp³-hybridized carbons (Fsp3) is 0.412. The van der Waals surface area contributed by atoms with E-state index in [1.807, 2.05) is 41.9 Å². The molecule has 0 radical (unpaired) electrons. The highest BCUT2D eigenvalue weighted by molar-refractivity contribution is 7.09. The van der Waals surface area contributed by atoms with Gasteiger partial charge >= 0.3 is 0 Å². The predicted molar refractivity (Wildman–Crippen MR) is 85.1 cm³/mol. The van der Waals surface area contributed by atoms with Crippen molar-refractivity contribution < 1.29 is 4.79 Å². The largest absolute Gasteiger partial charge is 0.333 e. The van der Waals surface area contributed by atoms with E-state index >= 15 is 0 Å². The molecule has 1 aromatic heterocycles. The van der Waals surface area contributed by atoms with Crippen LogP contribution in [0.3, 0.4) is 0 Å². The maximum absolute atomic E-state index is 12.7. The Bertz CT molecular complexity index is 562. The molecule has 3 rings (SSSR count). The van der Waals surface area contributed by atoms with E-state index in [1.165, 1.54) is 12.8 Å². The number of hydrogen-bond acceptors (Lipinski definition) is 3. The number of benzene rings is 1. The van der Waals surface area contributed by atoms with Crippen molar-refractivity contribution in [2.45, 2.75) is 44.7 Å². The maximum atomic E-state index is 12.7. The topological polar surface area (TPSA) is 33.2 Å². The molecule has 0 saturated heterocycles. The van der Waals surface area contributed by atoms with Crippen LogP contribution in [0.4, 0.5) is 0 Å². The van der Waals surface area contributed by atoms with Crippen LogP contribution >= 0.6 is 11.3 Å². The van der Waals surface area contributed by atoms with E-state index in [2.05, 4.69) is 9.88 Å². The summed E-state index contributed by atoms with van der Waals surface area (Å²) in [5.74, 6) is 0.225. The first-order chi connectivity index (χ1) is 10.3. The molecule has 2 aromatic rings. The summed E-state index contributed by atoms with van der Waals surface area (Å²) in [5.41, 5.74) is 1.09. The number of rotatable bonds is 5. The van der Waals surface area contributed by atoms with Gasteiger partial charge in [-0.1, -0.05) is 43.2 Å². The minimum Gasteiger partial charge on any atom is -0.333 e. The highest BCUT2D eigenvalue weighted by Gasteiger charge is 2.27. The van der Waals surface area contributed by atoms with Crippen LogP contribution in [0.2, 0.25) is 0 Å². The van der Waals surface area contributed by atoms with Gasteiger partial charge in [0.2, 0.25) is 5.91 Å². The zero-order chi connectivity index (χ0) is 14.5. The number of carbonyl (C=O) groups is 1. The Kier molecular flexibility index (Phi) is 4.65. The second-order valence-corrected chi connectivity index (χ2v) is 6.53. The first kappa shape index (κ1) is 14.3. The molecule has 3 nitrogen and oxygen atoms in total. The third kappa shape index (κ3) is 3.70. The second kappa shape index (κ2) is 6.85. The summed E-state index contributed by atoms with van der Waals surface area (Å²) >= 11 is 1.63. The van der Waals surface area contributed by atoms with Crippen LogP contribution < -0.4 is 0 Å². The van der Waals surface area contributed by atoms with Crippen molar-refractivity contribution in [1.82, 2.24) is 9.88 Å². The molecule has 110 valence electrons. The van der Waals surface area contributed by atoms with Crippen molar-refractivity contribution in [3.63, 3.8) is 0 Å². The molecule has 0 N–H and O–H groups in total. The molecule has 1 saturated carbocycles. The maximum Gasteiger partial charge on any atom is 0.227 e. The average Bonchev–Trinajstić information content (AvgIpc) is 3.19. The molecule has 0 spiro atoms. The van der Waals surface area contributed by atoms with Crippen LogP contribution in [-0.4, -0.2) is 21.8 Å². The lowest BCUT2D eigenvalue weighted by Crippen LogP contribution is -2.39. The summed E-state index contributed by atoms with van der Waals surface area (Å²) in [5, 5.41) is 3.01. The van der Waals surface area contributed by atoms with Crippen LogP contribution in [0.25, 0.3) is 0 Å². The number of carbonyl (C=O) groups excluding carboxylic acids is 1. The fourth-order valence-corrected chi connectivity index (χ4v) is 3.60. The number of amides is 1. The average molecular weight is 300 g/mol. The molecule has 0 atom stereocenters. The summed E-state index contributed by atoms with van der Waals surface area (Å²) in [6.07, 6.45) is 7.03. The van der Waals surface area contributed by atoms with Crippen molar-refractivity contribution in [3.05, 3.63) is 52.5 Å². The van der Waals surface area contributed by atoms with Crippen LogP contribution in [-0.2, 0) is 17.8 Å². The lowest BCUT2D eigenvalue weighted by Gasteiger charge is -2.28. The molecule has 0 aliphatic heterocycles. The molecular formula is C17H20N2OS. The molecule has 1 amide bonds. The summed E-state index contributed by atoms with van der Waals surface area (Å²) < 4.78 is 0. The quantitative estimate of drug-likeness (QED) is 0.844. The van der Waals surface area contributed by atoms with Crippen molar-refractivity contribution in [2.24, 2.45) is 0 Å². The third-order valence-corrected chi connectivity index (χ3v) is 4.84. The molecule has 0 unspecified atom stereocenters. The molecule has 1 heterocycles. The smallest absolute Gasteiger partial charge is 0.227 e. The van der Waals surface area contributed by atoms with E-state index in [9.17, 15) is 4.79 Å². The molecule has 1 aliphatic carbocycles. The van der Waals surface area contributed by atoms with E-state index in [0.717, 1.165) is 23.4 Å². The zero-order valence-electron chi connectivity index (χ0n) is 12.1. The normalized spacial score (nSPS) is 15.2. The van der Waals surface area contributed by atoms with Crippen molar-refractivity contribution in [1.29, 1.82) is 0 Å². The molecule has 1 aliphatic rings. The van der Waals surface area contributed by atoms with E-state index in [1.54, 1.807) is 11.3 Å². The Labute approximate surface area is 129 Å². The first-order valence-corrected chi connectivity index (χ1v) is 8.42. The minimum atomic E-state index is 0.225. The van der Waals surface area contributed by atoms with Gasteiger partial charge in [0.25, 0.3) is 0 Å². The molecular weight excluding hydrogens is 280 g/mol. The summed E-state index contributed by atoms with van der Waals surface area (Å²) in [4.78, 5) is 19.1. The van der Waals surface area contributed by atoms with Gasteiger partial charge in [0.15, 0.2) is 0 Å². The minimum absolute atomic E-state index is 0.225. The monoisotopic (exact) mass is 300 g/mol. The lowest BCUT2D eigenvalue weighted by molar-refractivity contribution is -0.133. The van der Waals surface area contributed by atoms with E-state index < -0.39 is 0 Å². The van der Waals surface area contributed by atoms with Gasteiger partial charge < -0.3 is 4.90 Å². The van der Waals surface area contributed by atoms with Crippen LogP contribution in [0.1, 0.15) is 36.3 Å². The van der Waals surface area contributed by atoms with Crippen molar-refractivity contribution in [3.8, 4) is 0 Å². The number of hydrogen-bond donors (Lipinski definition) is 0. The first-order valence-electron chi connectivity index (χ1n) is 7.54. The van der Waals surface area contributed by atoms with Gasteiger partial charge in [-0.05, 0) is 18.4 Å². The van der Waals surface area contributed by atoms with Gasteiger partial charge in [0.05, 0.1) is 13.0 Å². The molecule has 21 heavy (non-hydrogen) atoms. The van der Waals surface area contributed by atoms with Crippen LogP contribution in [0.5, 0.6) is 0 Å². The van der Waals surface area contributed by atoms with Crippen molar-refractivity contribution in [2.75, 3.05) is 0 Å². The van der Waals surface area contributed by atoms with E-state index in [-0.39, 0.29) is 5.91 Å². The fourth-order valence-electron chi connectivity index (χ4n) is 2.99. The van der Waals surface area contributed by atoms with Crippen LogP contribution in [0.15, 0.2) is 41.9 Å². The Morgan fingerprint density at radius 3 is 2.67 bits per heavy atom. The Morgan fingerprint density at radius 2 is 2.00 bits per heavy atom. The Balaban J connectivity index is 1.72. The molecule has 0 bridgehead atoms. The molecule has 1 aromatic carbocycles. The highest BCUT2D eigenvalue weighted by atomic mass is 32.1. The van der Waals surface area contributed by atoms with Gasteiger partial charge in [0, 0.05) is 17.6 Å². The SMILES string of the molecule is O=C(Cc1ccccc1)N(Cc1nccs1)C1CCCC1. The van der Waals surface area contributed by atoms with Gasteiger partial charge in [-0.15, -0.1) is 11.3 Å². The number of aromatic nitrogens is 1. The Hall–Kier alpha value is -1.68. The Morgan fingerprint density at radius 1 is 1.24 bits per heavy atom. The van der Waals surface area contributed by atoms with Gasteiger partial charge in [-0.2, -0.15) is 0 Å². The van der Waals surface area contributed by atoms with Crippen LogP contribution in [0, 0.1) is 0 Å². The van der Waals surface area contributed by atoms with Gasteiger partial charge in [0.1, 0.15) is 5.01 Å². The molecule has 1 fully saturated rings. The highest BCUT2D eigenvalue weighted by Crippen LogP contribution is 2.26. The summed E-state index contributed by atoms with van der Waals surface area (Å²) in [6.45, 7) is 0.661. The second-order valence-electron chi connectivity index (χ2n) is 5.55. The third-order valence-electron chi connectivity index (χ3n) is 4.07. The standard InChI is InChI=1S/C17H20N2OS/c20-17(12-14-6-2-1-3-7-14)19(15-8-4-5-9-15)13-16-18-10-11-21-16/h1-3,6-7,10-11,15H,4-5,8-9,12-13H2. The molecule has 4 heteroatoms. The summed E-state index contributed by atoms with van der Waals surface area (Å²) in [6, 6.07) is 10.4. The zero-order valence-corrected chi connectivity index (χ0v) is 12.9. The number of thiazole rings is 1. The van der Waals surface area contributed by atoms with Gasteiger partial charge in [-0.3, -0.25) is 4.79 Å². The predicted octanol–water partition coefficient (Wildman–Crippen LogP) is 3.66.